The smallest absolute Gasteiger partial charge is 0.344 e. The highest BCUT2D eigenvalue weighted by Gasteiger charge is 2.12. The number of amides is 2. The van der Waals surface area contributed by atoms with Crippen LogP contribution in [0.1, 0.15) is 5.56 Å². The molecule has 0 saturated carbocycles. The van der Waals surface area contributed by atoms with Crippen molar-refractivity contribution in [2.24, 2.45) is 0 Å². The summed E-state index contributed by atoms with van der Waals surface area (Å²) in [6.07, 6.45) is 0. The molecule has 0 aromatic heterocycles. The lowest BCUT2D eigenvalue weighted by molar-refractivity contribution is -0.150. The highest BCUT2D eigenvalue weighted by atomic mass is 16.6. The Bertz CT molecular complexity index is 899. The first kappa shape index (κ1) is 22.5. The van der Waals surface area contributed by atoms with Gasteiger partial charge in [-0.3, -0.25) is 9.59 Å². The molecule has 0 bridgehead atoms. The average molecular weight is 416 g/mol. The minimum atomic E-state index is -0.731. The van der Waals surface area contributed by atoms with Gasteiger partial charge in [0.05, 0.1) is 26.5 Å². The van der Waals surface area contributed by atoms with Crippen molar-refractivity contribution in [1.82, 2.24) is 5.32 Å². The van der Waals surface area contributed by atoms with Gasteiger partial charge in [0.25, 0.3) is 5.91 Å². The Morgan fingerprint density at radius 2 is 1.57 bits per heavy atom. The average Bonchev–Trinajstić information content (AvgIpc) is 2.75. The summed E-state index contributed by atoms with van der Waals surface area (Å²) in [5.41, 5.74) is 1.44. The molecule has 0 aliphatic heterocycles. The summed E-state index contributed by atoms with van der Waals surface area (Å²) in [4.78, 5) is 35.6. The summed E-state index contributed by atoms with van der Waals surface area (Å²) in [7, 11) is 2.98. The molecule has 0 spiro atoms. The third-order valence-electron chi connectivity index (χ3n) is 3.85. The standard InChI is InChI=1S/C21H24N2O7/c1-14-8-9-16(27-2)15(10-14)23-19(24)11-22-20(25)12-30-21(26)13-29-18-7-5-4-6-17(18)28-3/h4-10H,11-13H2,1-3H3,(H,22,25)(H,23,24). The molecule has 2 N–H and O–H groups in total. The van der Waals surface area contributed by atoms with Crippen molar-refractivity contribution in [2.45, 2.75) is 6.92 Å². The Balaban J connectivity index is 1.71. The van der Waals surface area contributed by atoms with Crippen LogP contribution >= 0.6 is 0 Å². The molecule has 160 valence electrons. The number of aryl methyl sites for hydroxylation is 1. The fraction of sp³-hybridized carbons (Fsp3) is 0.286. The topological polar surface area (TPSA) is 112 Å². The maximum atomic E-state index is 12.0. The molecule has 2 aromatic carbocycles. The maximum absolute atomic E-state index is 12.0. The highest BCUT2D eigenvalue weighted by molar-refractivity contribution is 5.96. The van der Waals surface area contributed by atoms with Crippen LogP contribution in [0.5, 0.6) is 17.2 Å². The van der Waals surface area contributed by atoms with Gasteiger partial charge in [-0.15, -0.1) is 0 Å². The third kappa shape index (κ3) is 7.01. The van der Waals surface area contributed by atoms with Crippen molar-refractivity contribution in [3.05, 3.63) is 48.0 Å². The van der Waals surface area contributed by atoms with Crippen molar-refractivity contribution in [2.75, 3.05) is 39.3 Å². The molecule has 0 heterocycles. The first-order valence-corrected chi connectivity index (χ1v) is 9.05. The van der Waals surface area contributed by atoms with Crippen molar-refractivity contribution in [3.8, 4) is 17.2 Å². The molecule has 0 saturated heterocycles. The van der Waals surface area contributed by atoms with Gasteiger partial charge in [0.15, 0.2) is 24.7 Å². The third-order valence-corrected chi connectivity index (χ3v) is 3.85. The predicted molar refractivity (Wildman–Crippen MR) is 109 cm³/mol. The molecule has 30 heavy (non-hydrogen) atoms. The van der Waals surface area contributed by atoms with Crippen LogP contribution in [0.2, 0.25) is 0 Å². The molecule has 0 atom stereocenters. The van der Waals surface area contributed by atoms with Crippen LogP contribution in [-0.2, 0) is 19.1 Å². The normalized spacial score (nSPS) is 9.97. The first-order chi connectivity index (χ1) is 14.4. The minimum absolute atomic E-state index is 0.287. The number of hydrogen-bond donors (Lipinski definition) is 2. The molecule has 0 radical (unpaired) electrons. The van der Waals surface area contributed by atoms with Gasteiger partial charge in [-0.05, 0) is 36.8 Å². The SMILES string of the molecule is COc1ccc(C)cc1NC(=O)CNC(=O)COC(=O)COc1ccccc1OC. The number of nitrogens with one attached hydrogen (secondary N) is 2. The largest absolute Gasteiger partial charge is 0.495 e. The summed E-state index contributed by atoms with van der Waals surface area (Å²) < 4.78 is 20.4. The molecule has 0 aliphatic carbocycles. The van der Waals surface area contributed by atoms with Gasteiger partial charge in [0, 0.05) is 0 Å². The van der Waals surface area contributed by atoms with Gasteiger partial charge >= 0.3 is 5.97 Å². The van der Waals surface area contributed by atoms with Crippen molar-refractivity contribution in [1.29, 1.82) is 0 Å². The van der Waals surface area contributed by atoms with E-state index in [1.54, 1.807) is 36.4 Å². The number of hydrogen-bond acceptors (Lipinski definition) is 7. The molecule has 2 aromatic rings. The van der Waals surface area contributed by atoms with Crippen LogP contribution in [0.4, 0.5) is 5.69 Å². The lowest BCUT2D eigenvalue weighted by atomic mass is 10.2. The predicted octanol–water partition coefficient (Wildman–Crippen LogP) is 1.69. The van der Waals surface area contributed by atoms with E-state index in [-0.39, 0.29) is 13.2 Å². The maximum Gasteiger partial charge on any atom is 0.344 e. The van der Waals surface area contributed by atoms with E-state index in [0.717, 1.165) is 5.56 Å². The second kappa shape index (κ2) is 11.3. The molecular weight excluding hydrogens is 392 g/mol. The molecule has 0 aliphatic rings. The first-order valence-electron chi connectivity index (χ1n) is 9.05. The Labute approximate surface area is 174 Å². The van der Waals surface area contributed by atoms with E-state index in [1.807, 2.05) is 13.0 Å². The molecule has 2 rings (SSSR count). The quantitative estimate of drug-likeness (QED) is 0.567. The molecule has 9 nitrogen and oxygen atoms in total. The van der Waals surface area contributed by atoms with Crippen LogP contribution < -0.4 is 24.8 Å². The zero-order chi connectivity index (χ0) is 21.9. The molecular formula is C21H24N2O7. The zero-order valence-electron chi connectivity index (χ0n) is 17.0. The van der Waals surface area contributed by atoms with Gasteiger partial charge < -0.3 is 29.6 Å². The monoisotopic (exact) mass is 416 g/mol. The summed E-state index contributed by atoms with van der Waals surface area (Å²) >= 11 is 0. The molecule has 2 amide bonds. The van der Waals surface area contributed by atoms with E-state index in [1.165, 1.54) is 14.2 Å². The van der Waals surface area contributed by atoms with E-state index in [2.05, 4.69) is 10.6 Å². The molecule has 0 fully saturated rings. The second-order valence-corrected chi connectivity index (χ2v) is 6.13. The number of methoxy groups -OCH3 is 2. The van der Waals surface area contributed by atoms with E-state index >= 15 is 0 Å². The summed E-state index contributed by atoms with van der Waals surface area (Å²) in [6.45, 7) is 0.671. The summed E-state index contributed by atoms with van der Waals surface area (Å²) in [5.74, 6) is -0.441. The Morgan fingerprint density at radius 3 is 2.27 bits per heavy atom. The second-order valence-electron chi connectivity index (χ2n) is 6.13. The highest BCUT2D eigenvalue weighted by Crippen LogP contribution is 2.26. The van der Waals surface area contributed by atoms with E-state index in [9.17, 15) is 14.4 Å². The summed E-state index contributed by atoms with van der Waals surface area (Å²) in [5, 5.41) is 5.03. The Morgan fingerprint density at radius 1 is 0.867 bits per heavy atom. The number of esters is 1. The number of carbonyl (C=O) groups excluding carboxylic acids is 3. The van der Waals surface area contributed by atoms with Gasteiger partial charge in [-0.2, -0.15) is 0 Å². The fourth-order valence-corrected chi connectivity index (χ4v) is 2.41. The number of ether oxygens (including phenoxy) is 4. The van der Waals surface area contributed by atoms with Gasteiger partial charge in [-0.1, -0.05) is 18.2 Å². The van der Waals surface area contributed by atoms with Crippen molar-refractivity contribution in [3.63, 3.8) is 0 Å². The minimum Gasteiger partial charge on any atom is -0.495 e. The number of benzene rings is 2. The van der Waals surface area contributed by atoms with Crippen molar-refractivity contribution >= 4 is 23.5 Å². The fourth-order valence-electron chi connectivity index (χ4n) is 2.41. The lowest BCUT2D eigenvalue weighted by Crippen LogP contribution is -2.36. The van der Waals surface area contributed by atoms with E-state index in [4.69, 9.17) is 18.9 Å². The number of rotatable bonds is 10. The Kier molecular flexibility index (Phi) is 8.49. The van der Waals surface area contributed by atoms with E-state index in [0.29, 0.717) is 22.9 Å². The number of carbonyl (C=O) groups is 3. The zero-order valence-corrected chi connectivity index (χ0v) is 17.0. The lowest BCUT2D eigenvalue weighted by Gasteiger charge is -2.12. The van der Waals surface area contributed by atoms with Crippen LogP contribution in [0.25, 0.3) is 0 Å². The van der Waals surface area contributed by atoms with Gasteiger partial charge in [0.2, 0.25) is 5.91 Å². The van der Waals surface area contributed by atoms with Crippen LogP contribution in [-0.4, -0.2) is 51.8 Å². The van der Waals surface area contributed by atoms with Gasteiger partial charge in [0.1, 0.15) is 5.75 Å². The van der Waals surface area contributed by atoms with Gasteiger partial charge in [-0.25, -0.2) is 4.79 Å². The number of anilines is 1. The van der Waals surface area contributed by atoms with Crippen LogP contribution in [0.15, 0.2) is 42.5 Å². The van der Waals surface area contributed by atoms with Crippen molar-refractivity contribution < 1.29 is 33.3 Å². The summed E-state index contributed by atoms with van der Waals surface area (Å²) in [6, 6.07) is 12.2. The number of para-hydroxylation sites is 2. The van der Waals surface area contributed by atoms with E-state index < -0.39 is 24.4 Å². The van der Waals surface area contributed by atoms with Crippen LogP contribution in [0.3, 0.4) is 0 Å². The molecule has 0 unspecified atom stereocenters. The Hall–Kier alpha value is -3.75. The molecule has 9 heteroatoms. The van der Waals surface area contributed by atoms with Crippen LogP contribution in [0, 0.1) is 6.92 Å².